The Morgan fingerprint density at radius 3 is 2.28 bits per heavy atom. The molecule has 0 unspecified atom stereocenters. The highest BCUT2D eigenvalue weighted by Gasteiger charge is 2.39. The average molecular weight is 419 g/mol. The molecule has 2 aliphatic rings. The number of allylic oxidation sites excluding steroid dienone is 2. The third kappa shape index (κ3) is 5.17. The Morgan fingerprint density at radius 2 is 1.66 bits per heavy atom. The van der Waals surface area contributed by atoms with Gasteiger partial charge in [0.25, 0.3) is 5.79 Å². The van der Waals surface area contributed by atoms with Crippen LogP contribution in [-0.2, 0) is 23.9 Å². The molecular weight excluding hydrogens is 396 g/mol. The quantitative estimate of drug-likeness (QED) is 0.430. The molecule has 0 amide bonds. The molecule has 1 aromatic rings. The zero-order valence-corrected chi connectivity index (χ0v) is 17.5. The summed E-state index contributed by atoms with van der Waals surface area (Å²) in [7, 11) is 0. The fourth-order valence-electron chi connectivity index (χ4n) is 3.27. The molecule has 3 rings (SSSR count). The number of nitrogens with one attached hydrogen (secondary N) is 2. The van der Waals surface area contributed by atoms with Crippen LogP contribution in [0.15, 0.2) is 41.7 Å². The largest absolute Gasteiger partial charge is 0.419 e. The topological polar surface area (TPSA) is 93.7 Å². The lowest BCUT2D eigenvalue weighted by Gasteiger charge is -2.30. The predicted octanol–water partition coefficient (Wildman–Crippen LogP) is 4.16. The zero-order chi connectivity index (χ0) is 21.4. The van der Waals surface area contributed by atoms with Crippen molar-refractivity contribution in [3.8, 4) is 0 Å². The monoisotopic (exact) mass is 418 g/mol. The van der Waals surface area contributed by atoms with Gasteiger partial charge in [0.15, 0.2) is 11.4 Å². The first-order chi connectivity index (χ1) is 13.4. The molecule has 1 saturated heterocycles. The summed E-state index contributed by atoms with van der Waals surface area (Å²) in [6.45, 7) is 7.03. The highest BCUT2D eigenvalue weighted by Crippen LogP contribution is 2.36. The molecule has 0 radical (unpaired) electrons. The van der Waals surface area contributed by atoms with E-state index in [9.17, 15) is 14.4 Å². The molecule has 1 aliphatic heterocycles. The van der Waals surface area contributed by atoms with Crippen LogP contribution in [0.4, 0.5) is 11.4 Å². The van der Waals surface area contributed by atoms with Crippen LogP contribution in [0.25, 0.3) is 0 Å². The smallest absolute Gasteiger partial charge is 0.350 e. The highest BCUT2D eigenvalue weighted by molar-refractivity contribution is 6.31. The van der Waals surface area contributed by atoms with Crippen molar-refractivity contribution in [3.05, 3.63) is 46.8 Å². The summed E-state index contributed by atoms with van der Waals surface area (Å²) in [5, 5.41) is 6.61. The molecule has 0 atom stereocenters. The van der Waals surface area contributed by atoms with Gasteiger partial charge in [-0.2, -0.15) is 0 Å². The predicted molar refractivity (Wildman–Crippen MR) is 109 cm³/mol. The SMILES string of the molecule is CC1(C)CC(=O)C=C(Nc2ccc(Cl)cc2NC=C2C(=O)OC(C)(C)OC2=O)C1. The summed E-state index contributed by atoms with van der Waals surface area (Å²) in [6.07, 6.45) is 4.02. The van der Waals surface area contributed by atoms with Crippen LogP contribution in [-0.4, -0.2) is 23.5 Å². The third-order valence-electron chi connectivity index (χ3n) is 4.42. The number of carbonyl (C=O) groups excluding carboxylic acids is 3. The lowest BCUT2D eigenvalue weighted by atomic mass is 9.79. The molecule has 1 fully saturated rings. The minimum atomic E-state index is -1.30. The van der Waals surface area contributed by atoms with Crippen molar-refractivity contribution in [2.75, 3.05) is 10.6 Å². The molecule has 7 nitrogen and oxygen atoms in total. The van der Waals surface area contributed by atoms with Crippen molar-refractivity contribution < 1.29 is 23.9 Å². The minimum absolute atomic E-state index is 0.0599. The molecule has 1 heterocycles. The zero-order valence-electron chi connectivity index (χ0n) is 16.7. The summed E-state index contributed by atoms with van der Waals surface area (Å²) in [6, 6.07) is 5.08. The Kier molecular flexibility index (Phi) is 5.45. The van der Waals surface area contributed by atoms with E-state index in [0.29, 0.717) is 29.2 Å². The van der Waals surface area contributed by atoms with Gasteiger partial charge in [0.05, 0.1) is 11.4 Å². The fraction of sp³-hybridized carbons (Fsp3) is 0.381. The van der Waals surface area contributed by atoms with Crippen molar-refractivity contribution in [3.63, 3.8) is 0 Å². The van der Waals surface area contributed by atoms with Crippen LogP contribution in [0.1, 0.15) is 40.5 Å². The van der Waals surface area contributed by atoms with E-state index in [0.717, 1.165) is 5.70 Å². The van der Waals surface area contributed by atoms with Crippen LogP contribution in [0, 0.1) is 5.41 Å². The van der Waals surface area contributed by atoms with Crippen LogP contribution in [0.3, 0.4) is 0 Å². The van der Waals surface area contributed by atoms with E-state index in [1.807, 2.05) is 13.8 Å². The molecule has 2 N–H and O–H groups in total. The Bertz CT molecular complexity index is 924. The van der Waals surface area contributed by atoms with E-state index in [-0.39, 0.29) is 16.8 Å². The Balaban J connectivity index is 1.84. The van der Waals surface area contributed by atoms with Gasteiger partial charge in [0.1, 0.15) is 0 Å². The molecule has 29 heavy (non-hydrogen) atoms. The number of cyclic esters (lactones) is 2. The molecule has 1 aliphatic carbocycles. The number of esters is 2. The second-order valence-corrected chi connectivity index (χ2v) is 8.79. The summed E-state index contributed by atoms with van der Waals surface area (Å²) >= 11 is 6.10. The molecule has 1 aromatic carbocycles. The van der Waals surface area contributed by atoms with Crippen molar-refractivity contribution in [1.82, 2.24) is 0 Å². The van der Waals surface area contributed by atoms with Gasteiger partial charge in [0.2, 0.25) is 0 Å². The van der Waals surface area contributed by atoms with E-state index in [1.54, 1.807) is 24.3 Å². The number of hydrogen-bond acceptors (Lipinski definition) is 7. The van der Waals surface area contributed by atoms with Gasteiger partial charge < -0.3 is 20.1 Å². The van der Waals surface area contributed by atoms with E-state index in [1.165, 1.54) is 20.0 Å². The third-order valence-corrected chi connectivity index (χ3v) is 4.66. The second-order valence-electron chi connectivity index (χ2n) is 8.35. The Hall–Kier alpha value is -2.80. The summed E-state index contributed by atoms with van der Waals surface area (Å²) in [4.78, 5) is 36.2. The number of ketones is 1. The van der Waals surface area contributed by atoms with E-state index in [4.69, 9.17) is 21.1 Å². The highest BCUT2D eigenvalue weighted by atomic mass is 35.5. The molecule has 0 saturated carbocycles. The van der Waals surface area contributed by atoms with E-state index in [2.05, 4.69) is 10.6 Å². The summed E-state index contributed by atoms with van der Waals surface area (Å²) in [5.74, 6) is -2.80. The summed E-state index contributed by atoms with van der Waals surface area (Å²) < 4.78 is 10.2. The normalized spacial score (nSPS) is 20.4. The summed E-state index contributed by atoms with van der Waals surface area (Å²) in [5.41, 5.74) is 1.54. The lowest BCUT2D eigenvalue weighted by molar-refractivity contribution is -0.222. The van der Waals surface area contributed by atoms with Crippen LogP contribution >= 0.6 is 11.6 Å². The van der Waals surface area contributed by atoms with Crippen molar-refractivity contribution in [2.45, 2.75) is 46.3 Å². The van der Waals surface area contributed by atoms with E-state index < -0.39 is 17.7 Å². The van der Waals surface area contributed by atoms with Gasteiger partial charge >= 0.3 is 11.9 Å². The maximum Gasteiger partial charge on any atom is 0.350 e. The van der Waals surface area contributed by atoms with Crippen molar-refractivity contribution in [2.24, 2.45) is 5.41 Å². The van der Waals surface area contributed by atoms with Gasteiger partial charge in [0, 0.05) is 43.3 Å². The number of halogens is 1. The minimum Gasteiger partial charge on any atom is -0.419 e. The Morgan fingerprint density at radius 1 is 1.00 bits per heavy atom. The Labute approximate surface area is 174 Å². The van der Waals surface area contributed by atoms with Crippen molar-refractivity contribution >= 4 is 40.7 Å². The molecule has 0 bridgehead atoms. The number of hydrogen-bond donors (Lipinski definition) is 2. The number of benzene rings is 1. The van der Waals surface area contributed by atoms with Crippen molar-refractivity contribution in [1.29, 1.82) is 0 Å². The second kappa shape index (κ2) is 7.55. The van der Waals surface area contributed by atoms with Crippen LogP contribution < -0.4 is 10.6 Å². The first-order valence-corrected chi connectivity index (χ1v) is 9.55. The molecule has 0 spiro atoms. The van der Waals surface area contributed by atoms with E-state index >= 15 is 0 Å². The molecule has 154 valence electrons. The standard InChI is InChI=1S/C21H23ClN2O5/c1-20(2)9-13(8-14(25)10-20)24-16-6-5-12(22)7-17(16)23-11-15-18(26)28-21(3,4)29-19(15)27/h5-8,11,23-24H,9-10H2,1-4H3. The number of ether oxygens (including phenoxy) is 2. The van der Waals surface area contributed by atoms with Gasteiger partial charge in [-0.1, -0.05) is 25.4 Å². The molecular formula is C21H23ClN2O5. The van der Waals surface area contributed by atoms with Crippen LogP contribution in [0.2, 0.25) is 5.02 Å². The average Bonchev–Trinajstić information content (AvgIpc) is 2.53. The number of rotatable bonds is 4. The number of carbonyl (C=O) groups is 3. The molecule has 8 heteroatoms. The maximum atomic E-state index is 12.1. The van der Waals surface area contributed by atoms with Gasteiger partial charge in [-0.05, 0) is 30.0 Å². The number of anilines is 2. The first-order valence-electron chi connectivity index (χ1n) is 9.17. The molecule has 0 aromatic heterocycles. The van der Waals surface area contributed by atoms with Gasteiger partial charge in [-0.25, -0.2) is 9.59 Å². The maximum absolute atomic E-state index is 12.1. The first kappa shape index (κ1) is 20.9. The van der Waals surface area contributed by atoms with Crippen LogP contribution in [0.5, 0.6) is 0 Å². The van der Waals surface area contributed by atoms with Gasteiger partial charge in [-0.3, -0.25) is 4.79 Å². The fourth-order valence-corrected chi connectivity index (χ4v) is 3.44. The lowest BCUT2D eigenvalue weighted by Crippen LogP contribution is -2.42. The van der Waals surface area contributed by atoms with Gasteiger partial charge in [-0.15, -0.1) is 0 Å².